The van der Waals surface area contributed by atoms with Crippen molar-refractivity contribution >= 4 is 0 Å². The molecule has 56 valence electrons. The molecule has 0 aliphatic carbocycles. The minimum Gasteiger partial charge on any atom is -0.395 e. The average Bonchev–Trinajstić information content (AvgIpc) is 1.89. The van der Waals surface area contributed by atoms with Gasteiger partial charge in [-0.15, -0.1) is 0 Å². The Morgan fingerprint density at radius 1 is 1.67 bits per heavy atom. The standard InChI is InChI=1S/C6H14FNO/c1-6(5-9)8-4-2-3-7/h6,8-9H,2-5H2,1H3. The lowest BCUT2D eigenvalue weighted by atomic mass is 10.3. The molecule has 0 aliphatic heterocycles. The number of aliphatic hydroxyl groups is 1. The predicted octanol–water partition coefficient (Wildman–Crippen LogP) is 0.316. The molecule has 0 bridgehead atoms. The van der Waals surface area contributed by atoms with E-state index in [0.717, 1.165) is 0 Å². The van der Waals surface area contributed by atoms with Crippen molar-refractivity contribution in [2.45, 2.75) is 19.4 Å². The van der Waals surface area contributed by atoms with Crippen LogP contribution in [0.25, 0.3) is 0 Å². The second kappa shape index (κ2) is 5.98. The zero-order valence-electron chi connectivity index (χ0n) is 5.73. The Bertz CT molecular complexity index is 61.0. The van der Waals surface area contributed by atoms with Crippen LogP contribution in [0.4, 0.5) is 4.39 Å². The highest BCUT2D eigenvalue weighted by atomic mass is 19.1. The maximum absolute atomic E-state index is 11.4. The molecule has 0 aliphatic rings. The average molecular weight is 135 g/mol. The smallest absolute Gasteiger partial charge is 0.0906 e. The highest BCUT2D eigenvalue weighted by molar-refractivity contribution is 4.56. The molecule has 2 N–H and O–H groups in total. The van der Waals surface area contributed by atoms with Gasteiger partial charge in [0, 0.05) is 6.04 Å². The molecular formula is C6H14FNO. The van der Waals surface area contributed by atoms with Crippen molar-refractivity contribution in [3.05, 3.63) is 0 Å². The molecule has 0 aromatic rings. The molecule has 0 spiro atoms. The van der Waals surface area contributed by atoms with Gasteiger partial charge in [-0.05, 0) is 19.9 Å². The number of aliphatic hydroxyl groups excluding tert-OH is 1. The lowest BCUT2D eigenvalue weighted by Gasteiger charge is -2.08. The van der Waals surface area contributed by atoms with E-state index in [2.05, 4.69) is 5.32 Å². The summed E-state index contributed by atoms with van der Waals surface area (Å²) >= 11 is 0. The molecule has 1 atom stereocenters. The van der Waals surface area contributed by atoms with E-state index in [9.17, 15) is 4.39 Å². The minimum atomic E-state index is -0.287. The van der Waals surface area contributed by atoms with Crippen molar-refractivity contribution in [3.8, 4) is 0 Å². The van der Waals surface area contributed by atoms with Crippen LogP contribution in [0, 0.1) is 0 Å². The SMILES string of the molecule is CC(CO)NCCCF. The molecule has 3 heteroatoms. The Labute approximate surface area is 55.1 Å². The third-order valence-electron chi connectivity index (χ3n) is 1.08. The van der Waals surface area contributed by atoms with E-state index in [1.165, 1.54) is 0 Å². The fourth-order valence-corrected chi connectivity index (χ4v) is 0.480. The van der Waals surface area contributed by atoms with E-state index in [4.69, 9.17) is 5.11 Å². The normalized spacial score (nSPS) is 13.7. The summed E-state index contributed by atoms with van der Waals surface area (Å²) in [4.78, 5) is 0. The van der Waals surface area contributed by atoms with Crippen molar-refractivity contribution < 1.29 is 9.50 Å². The molecule has 2 nitrogen and oxygen atoms in total. The number of hydrogen-bond acceptors (Lipinski definition) is 2. The fourth-order valence-electron chi connectivity index (χ4n) is 0.480. The predicted molar refractivity (Wildman–Crippen MR) is 35.1 cm³/mol. The molecule has 1 unspecified atom stereocenters. The van der Waals surface area contributed by atoms with Gasteiger partial charge in [0.1, 0.15) is 0 Å². The van der Waals surface area contributed by atoms with Gasteiger partial charge in [0.05, 0.1) is 13.3 Å². The number of alkyl halides is 1. The van der Waals surface area contributed by atoms with Crippen LogP contribution in [0.1, 0.15) is 13.3 Å². The first-order valence-corrected chi connectivity index (χ1v) is 3.21. The van der Waals surface area contributed by atoms with E-state index in [1.54, 1.807) is 0 Å². The summed E-state index contributed by atoms with van der Waals surface area (Å²) in [6.07, 6.45) is 0.532. The van der Waals surface area contributed by atoms with Crippen molar-refractivity contribution in [1.82, 2.24) is 5.32 Å². The van der Waals surface area contributed by atoms with Crippen molar-refractivity contribution in [2.24, 2.45) is 0 Å². The van der Waals surface area contributed by atoms with Gasteiger partial charge in [-0.3, -0.25) is 4.39 Å². The van der Waals surface area contributed by atoms with Gasteiger partial charge < -0.3 is 10.4 Å². The molecule has 0 radical (unpaired) electrons. The monoisotopic (exact) mass is 135 g/mol. The summed E-state index contributed by atoms with van der Waals surface area (Å²) in [5, 5.41) is 11.4. The molecule has 0 saturated carbocycles. The van der Waals surface area contributed by atoms with Crippen LogP contribution in [-0.4, -0.2) is 31.0 Å². The van der Waals surface area contributed by atoms with Crippen LogP contribution < -0.4 is 5.32 Å². The largest absolute Gasteiger partial charge is 0.395 e. The lowest BCUT2D eigenvalue weighted by molar-refractivity contribution is 0.250. The fraction of sp³-hybridized carbons (Fsp3) is 1.00. The van der Waals surface area contributed by atoms with Gasteiger partial charge in [0.15, 0.2) is 0 Å². The Balaban J connectivity index is 2.88. The third-order valence-corrected chi connectivity index (χ3v) is 1.08. The first kappa shape index (κ1) is 8.85. The summed E-state index contributed by atoms with van der Waals surface area (Å²) in [6.45, 7) is 2.34. The van der Waals surface area contributed by atoms with E-state index in [1.807, 2.05) is 6.92 Å². The maximum Gasteiger partial charge on any atom is 0.0906 e. The van der Waals surface area contributed by atoms with Crippen LogP contribution >= 0.6 is 0 Å². The highest BCUT2D eigenvalue weighted by Gasteiger charge is 1.95. The van der Waals surface area contributed by atoms with Gasteiger partial charge in [0.2, 0.25) is 0 Å². The Hall–Kier alpha value is -0.150. The van der Waals surface area contributed by atoms with Crippen LogP contribution in [0.5, 0.6) is 0 Å². The zero-order valence-corrected chi connectivity index (χ0v) is 5.73. The summed E-state index contributed by atoms with van der Waals surface area (Å²) in [5.74, 6) is 0. The molecule has 0 aromatic carbocycles. The second-order valence-electron chi connectivity index (χ2n) is 2.08. The summed E-state index contributed by atoms with van der Waals surface area (Å²) in [7, 11) is 0. The molecule has 0 rings (SSSR count). The van der Waals surface area contributed by atoms with Gasteiger partial charge in [-0.2, -0.15) is 0 Å². The van der Waals surface area contributed by atoms with E-state index in [-0.39, 0.29) is 19.3 Å². The highest BCUT2D eigenvalue weighted by Crippen LogP contribution is 1.80. The minimum absolute atomic E-state index is 0.0940. The molecule has 0 heterocycles. The topological polar surface area (TPSA) is 32.3 Å². The second-order valence-corrected chi connectivity index (χ2v) is 2.08. The van der Waals surface area contributed by atoms with E-state index < -0.39 is 0 Å². The molecule has 9 heavy (non-hydrogen) atoms. The Morgan fingerprint density at radius 2 is 2.33 bits per heavy atom. The number of halogens is 1. The van der Waals surface area contributed by atoms with Gasteiger partial charge >= 0.3 is 0 Å². The Kier molecular flexibility index (Phi) is 5.88. The van der Waals surface area contributed by atoms with Crippen LogP contribution in [-0.2, 0) is 0 Å². The van der Waals surface area contributed by atoms with E-state index in [0.29, 0.717) is 13.0 Å². The first-order chi connectivity index (χ1) is 4.31. The zero-order chi connectivity index (χ0) is 7.11. The van der Waals surface area contributed by atoms with Crippen molar-refractivity contribution in [1.29, 1.82) is 0 Å². The summed E-state index contributed by atoms with van der Waals surface area (Å²) in [5.41, 5.74) is 0. The number of nitrogens with one attached hydrogen (secondary N) is 1. The van der Waals surface area contributed by atoms with Gasteiger partial charge in [-0.1, -0.05) is 0 Å². The van der Waals surface area contributed by atoms with Gasteiger partial charge in [-0.25, -0.2) is 0 Å². The van der Waals surface area contributed by atoms with Crippen LogP contribution in [0.15, 0.2) is 0 Å². The molecule has 0 saturated heterocycles. The van der Waals surface area contributed by atoms with Crippen molar-refractivity contribution in [3.63, 3.8) is 0 Å². The molecular weight excluding hydrogens is 121 g/mol. The maximum atomic E-state index is 11.4. The van der Waals surface area contributed by atoms with Crippen molar-refractivity contribution in [2.75, 3.05) is 19.8 Å². The summed E-state index contributed by atoms with van der Waals surface area (Å²) < 4.78 is 11.4. The lowest BCUT2D eigenvalue weighted by Crippen LogP contribution is -2.30. The summed E-state index contributed by atoms with van der Waals surface area (Å²) in [6, 6.07) is 0.0940. The first-order valence-electron chi connectivity index (χ1n) is 3.21. The van der Waals surface area contributed by atoms with Crippen LogP contribution in [0.3, 0.4) is 0 Å². The molecule has 0 fully saturated rings. The Morgan fingerprint density at radius 3 is 2.78 bits per heavy atom. The molecule has 0 aromatic heterocycles. The molecule has 0 amide bonds. The number of hydrogen-bond donors (Lipinski definition) is 2. The van der Waals surface area contributed by atoms with Gasteiger partial charge in [0.25, 0.3) is 0 Å². The number of rotatable bonds is 5. The van der Waals surface area contributed by atoms with Crippen LogP contribution in [0.2, 0.25) is 0 Å². The quantitative estimate of drug-likeness (QED) is 0.532. The third kappa shape index (κ3) is 5.73. The van der Waals surface area contributed by atoms with E-state index >= 15 is 0 Å².